The lowest BCUT2D eigenvalue weighted by Crippen LogP contribution is -2.05. The fourth-order valence-electron chi connectivity index (χ4n) is 1.70. The van der Waals surface area contributed by atoms with Gasteiger partial charge in [-0.1, -0.05) is 0 Å². The van der Waals surface area contributed by atoms with E-state index in [2.05, 4.69) is 4.98 Å². The van der Waals surface area contributed by atoms with E-state index in [1.807, 2.05) is 0 Å². The number of carbonyl (C=O) groups is 1. The summed E-state index contributed by atoms with van der Waals surface area (Å²) in [5.74, 6) is -1.11. The second-order valence-corrected chi connectivity index (χ2v) is 4.13. The van der Waals surface area contributed by atoms with E-state index in [-0.39, 0.29) is 17.3 Å². The summed E-state index contributed by atoms with van der Waals surface area (Å²) in [6, 6.07) is 5.60. The molecule has 0 fully saturated rings. The fraction of sp³-hybridized carbons (Fsp3) is 0.143. The first kappa shape index (κ1) is 13.0. The SMILES string of the molecule is Cc1cc(F)ccc1Oc1nccc(C)c1C(=O)O. The molecule has 4 nitrogen and oxygen atoms in total. The van der Waals surface area contributed by atoms with E-state index >= 15 is 0 Å². The van der Waals surface area contributed by atoms with Gasteiger partial charge in [0, 0.05) is 6.20 Å². The molecule has 0 bridgehead atoms. The predicted octanol–water partition coefficient (Wildman–Crippen LogP) is 3.33. The third kappa shape index (κ3) is 2.70. The molecule has 2 aromatic rings. The van der Waals surface area contributed by atoms with E-state index in [9.17, 15) is 9.18 Å². The number of aromatic nitrogens is 1. The average molecular weight is 261 g/mol. The zero-order valence-electron chi connectivity index (χ0n) is 10.5. The molecular formula is C14H12FNO3. The van der Waals surface area contributed by atoms with Crippen LogP contribution in [0.4, 0.5) is 4.39 Å². The molecule has 0 unspecified atom stereocenters. The maximum atomic E-state index is 13.0. The first-order valence-corrected chi connectivity index (χ1v) is 5.62. The summed E-state index contributed by atoms with van der Waals surface area (Å²) in [6.07, 6.45) is 1.47. The predicted molar refractivity (Wildman–Crippen MR) is 67.1 cm³/mol. The minimum absolute atomic E-state index is 0.00204. The summed E-state index contributed by atoms with van der Waals surface area (Å²) in [7, 11) is 0. The summed E-state index contributed by atoms with van der Waals surface area (Å²) < 4.78 is 18.5. The van der Waals surface area contributed by atoms with Gasteiger partial charge in [-0.3, -0.25) is 0 Å². The Hall–Kier alpha value is -2.43. The number of aromatic carboxylic acids is 1. The van der Waals surface area contributed by atoms with E-state index in [0.29, 0.717) is 16.9 Å². The van der Waals surface area contributed by atoms with Crippen molar-refractivity contribution in [3.05, 3.63) is 53.0 Å². The van der Waals surface area contributed by atoms with Crippen molar-refractivity contribution in [3.63, 3.8) is 0 Å². The minimum atomic E-state index is -1.11. The molecule has 98 valence electrons. The van der Waals surface area contributed by atoms with E-state index in [1.54, 1.807) is 19.9 Å². The van der Waals surface area contributed by atoms with E-state index in [0.717, 1.165) is 0 Å². The Kier molecular flexibility index (Phi) is 3.46. The van der Waals surface area contributed by atoms with Gasteiger partial charge >= 0.3 is 5.97 Å². The van der Waals surface area contributed by atoms with Crippen molar-refractivity contribution in [2.75, 3.05) is 0 Å². The topological polar surface area (TPSA) is 59.4 Å². The van der Waals surface area contributed by atoms with E-state index in [4.69, 9.17) is 9.84 Å². The third-order valence-corrected chi connectivity index (χ3v) is 2.68. The second-order valence-electron chi connectivity index (χ2n) is 4.13. The van der Waals surface area contributed by atoms with Gasteiger partial charge in [0.1, 0.15) is 17.1 Å². The van der Waals surface area contributed by atoms with Crippen LogP contribution in [0.5, 0.6) is 11.6 Å². The molecule has 1 heterocycles. The monoisotopic (exact) mass is 261 g/mol. The van der Waals surface area contributed by atoms with Crippen LogP contribution >= 0.6 is 0 Å². The minimum Gasteiger partial charge on any atom is -0.477 e. The molecule has 0 amide bonds. The number of nitrogens with zero attached hydrogens (tertiary/aromatic N) is 1. The van der Waals surface area contributed by atoms with Crippen LogP contribution in [0, 0.1) is 19.7 Å². The number of halogens is 1. The number of benzene rings is 1. The highest BCUT2D eigenvalue weighted by Crippen LogP contribution is 2.28. The molecule has 0 radical (unpaired) electrons. The van der Waals surface area contributed by atoms with Crippen LogP contribution in [0.1, 0.15) is 21.5 Å². The summed E-state index contributed by atoms with van der Waals surface area (Å²) >= 11 is 0. The number of aryl methyl sites for hydroxylation is 2. The van der Waals surface area contributed by atoms with Crippen LogP contribution in [-0.4, -0.2) is 16.1 Å². The molecule has 2 rings (SSSR count). The first-order valence-electron chi connectivity index (χ1n) is 5.62. The normalized spacial score (nSPS) is 10.3. The highest BCUT2D eigenvalue weighted by molar-refractivity contribution is 5.91. The number of pyridine rings is 1. The zero-order valence-corrected chi connectivity index (χ0v) is 10.5. The van der Waals surface area contributed by atoms with Gasteiger partial charge < -0.3 is 9.84 Å². The van der Waals surface area contributed by atoms with Crippen LogP contribution in [0.25, 0.3) is 0 Å². The number of carboxylic acid groups (broad SMARTS) is 1. The van der Waals surface area contributed by atoms with Crippen LogP contribution in [0.3, 0.4) is 0 Å². The molecule has 0 aliphatic rings. The van der Waals surface area contributed by atoms with Gasteiger partial charge in [0.15, 0.2) is 0 Å². The Morgan fingerprint density at radius 1 is 1.26 bits per heavy atom. The molecule has 0 aliphatic carbocycles. The molecule has 1 N–H and O–H groups in total. The lowest BCUT2D eigenvalue weighted by atomic mass is 10.1. The van der Waals surface area contributed by atoms with Crippen LogP contribution in [-0.2, 0) is 0 Å². The lowest BCUT2D eigenvalue weighted by molar-refractivity contribution is 0.0692. The van der Waals surface area contributed by atoms with Crippen LogP contribution in [0.2, 0.25) is 0 Å². The summed E-state index contributed by atoms with van der Waals surface area (Å²) in [5, 5.41) is 9.16. The van der Waals surface area contributed by atoms with Crippen molar-refractivity contribution in [1.29, 1.82) is 0 Å². The van der Waals surface area contributed by atoms with Crippen molar-refractivity contribution in [1.82, 2.24) is 4.98 Å². The molecule has 1 aromatic carbocycles. The van der Waals surface area contributed by atoms with Gasteiger partial charge in [-0.25, -0.2) is 14.2 Å². The van der Waals surface area contributed by atoms with Crippen molar-refractivity contribution < 1.29 is 19.0 Å². The Balaban J connectivity index is 2.44. The van der Waals surface area contributed by atoms with Gasteiger partial charge in [0.05, 0.1) is 0 Å². The average Bonchev–Trinajstić information content (AvgIpc) is 2.32. The highest BCUT2D eigenvalue weighted by atomic mass is 19.1. The number of hydrogen-bond acceptors (Lipinski definition) is 3. The van der Waals surface area contributed by atoms with E-state index in [1.165, 1.54) is 24.4 Å². The standard InChI is InChI=1S/C14H12FNO3/c1-8-5-6-16-13(12(8)14(17)18)19-11-4-3-10(15)7-9(11)2/h3-7H,1-2H3,(H,17,18). The van der Waals surface area contributed by atoms with Crippen molar-refractivity contribution in [2.24, 2.45) is 0 Å². The van der Waals surface area contributed by atoms with Crippen molar-refractivity contribution in [2.45, 2.75) is 13.8 Å². The number of ether oxygens (including phenoxy) is 1. The molecule has 19 heavy (non-hydrogen) atoms. The van der Waals surface area contributed by atoms with Gasteiger partial charge in [-0.05, 0) is 49.2 Å². The van der Waals surface area contributed by atoms with Gasteiger partial charge in [-0.2, -0.15) is 0 Å². The molecule has 1 aromatic heterocycles. The second kappa shape index (κ2) is 5.06. The van der Waals surface area contributed by atoms with Gasteiger partial charge in [0.2, 0.25) is 5.88 Å². The van der Waals surface area contributed by atoms with Crippen LogP contribution < -0.4 is 4.74 Å². The number of hydrogen-bond donors (Lipinski definition) is 1. The van der Waals surface area contributed by atoms with E-state index < -0.39 is 5.97 Å². The highest BCUT2D eigenvalue weighted by Gasteiger charge is 2.17. The largest absolute Gasteiger partial charge is 0.477 e. The Morgan fingerprint density at radius 3 is 2.63 bits per heavy atom. The van der Waals surface area contributed by atoms with Gasteiger partial charge in [-0.15, -0.1) is 0 Å². The zero-order chi connectivity index (χ0) is 14.0. The molecule has 0 spiro atoms. The molecular weight excluding hydrogens is 249 g/mol. The van der Waals surface area contributed by atoms with Crippen LogP contribution in [0.15, 0.2) is 30.5 Å². The first-order chi connectivity index (χ1) is 8.99. The Bertz CT molecular complexity index is 641. The number of carboxylic acids is 1. The molecule has 0 saturated heterocycles. The van der Waals surface area contributed by atoms with Crippen molar-refractivity contribution >= 4 is 5.97 Å². The molecule has 0 atom stereocenters. The summed E-state index contributed by atoms with van der Waals surface area (Å²) in [6.45, 7) is 3.34. The Labute approximate surface area is 109 Å². The maximum absolute atomic E-state index is 13.0. The quantitative estimate of drug-likeness (QED) is 0.920. The molecule has 5 heteroatoms. The number of rotatable bonds is 3. The Morgan fingerprint density at radius 2 is 2.00 bits per heavy atom. The molecule has 0 saturated carbocycles. The summed E-state index contributed by atoms with van der Waals surface area (Å²) in [5.41, 5.74) is 1.13. The van der Waals surface area contributed by atoms with Crippen molar-refractivity contribution in [3.8, 4) is 11.6 Å². The lowest BCUT2D eigenvalue weighted by Gasteiger charge is -2.11. The third-order valence-electron chi connectivity index (χ3n) is 2.68. The maximum Gasteiger partial charge on any atom is 0.341 e. The van der Waals surface area contributed by atoms with Gasteiger partial charge in [0.25, 0.3) is 0 Å². The fourth-order valence-corrected chi connectivity index (χ4v) is 1.70. The smallest absolute Gasteiger partial charge is 0.341 e. The molecule has 0 aliphatic heterocycles. The summed E-state index contributed by atoms with van der Waals surface area (Å²) in [4.78, 5) is 15.1.